The number of nitrogens with one attached hydrogen (secondary N) is 1. The van der Waals surface area contributed by atoms with Crippen molar-refractivity contribution in [2.75, 3.05) is 11.0 Å². The van der Waals surface area contributed by atoms with E-state index in [1.54, 1.807) is 23.5 Å². The van der Waals surface area contributed by atoms with E-state index >= 15 is 0 Å². The smallest absolute Gasteiger partial charge is 0.273 e. The first-order valence-electron chi connectivity index (χ1n) is 6.73. The number of benzene rings is 2. The van der Waals surface area contributed by atoms with Gasteiger partial charge in [-0.15, -0.1) is 11.3 Å². The van der Waals surface area contributed by atoms with Crippen LogP contribution in [0.3, 0.4) is 0 Å². The molecule has 1 aromatic heterocycles. The minimum Gasteiger partial charge on any atom is -0.455 e. The van der Waals surface area contributed by atoms with E-state index in [1.807, 2.05) is 17.5 Å². The molecule has 0 bridgehead atoms. The van der Waals surface area contributed by atoms with Crippen molar-refractivity contribution >= 4 is 42.8 Å². The second-order valence-corrected chi connectivity index (χ2v) is 7.73. The molecule has 3 aromatic rings. The highest BCUT2D eigenvalue weighted by molar-refractivity contribution is 7.92. The minimum atomic E-state index is -3.55. The second-order valence-electron chi connectivity index (χ2n) is 5.03. The number of hydrogen-bond donors (Lipinski definition) is 1. The van der Waals surface area contributed by atoms with Crippen LogP contribution in [0.15, 0.2) is 47.8 Å². The maximum absolute atomic E-state index is 11.5. The molecule has 0 spiro atoms. The van der Waals surface area contributed by atoms with Gasteiger partial charge >= 0.3 is 0 Å². The van der Waals surface area contributed by atoms with Gasteiger partial charge in [0, 0.05) is 10.8 Å². The predicted molar refractivity (Wildman–Crippen MR) is 93.5 cm³/mol. The summed E-state index contributed by atoms with van der Waals surface area (Å²) in [6.45, 7) is 0. The van der Waals surface area contributed by atoms with Crippen LogP contribution >= 0.6 is 11.3 Å². The van der Waals surface area contributed by atoms with E-state index < -0.39 is 14.9 Å². The zero-order valence-electron chi connectivity index (χ0n) is 12.4. The molecule has 0 saturated heterocycles. The van der Waals surface area contributed by atoms with E-state index in [2.05, 4.69) is 4.72 Å². The number of nitro groups is 1. The lowest BCUT2D eigenvalue weighted by molar-refractivity contribution is -0.384. The zero-order chi connectivity index (χ0) is 17.3. The molecule has 3 rings (SSSR count). The molecule has 0 aliphatic rings. The van der Waals surface area contributed by atoms with Gasteiger partial charge in [0.25, 0.3) is 5.69 Å². The molecule has 9 heteroatoms. The third-order valence-electron chi connectivity index (χ3n) is 3.12. The summed E-state index contributed by atoms with van der Waals surface area (Å²) in [6, 6.07) is 11.0. The number of anilines is 1. The van der Waals surface area contributed by atoms with E-state index in [1.165, 1.54) is 18.2 Å². The van der Waals surface area contributed by atoms with Gasteiger partial charge < -0.3 is 4.74 Å². The Bertz CT molecular complexity index is 1030. The molecule has 0 amide bonds. The van der Waals surface area contributed by atoms with E-state index in [-0.39, 0.29) is 17.1 Å². The van der Waals surface area contributed by atoms with Crippen LogP contribution in [0.5, 0.6) is 11.5 Å². The van der Waals surface area contributed by atoms with Crippen molar-refractivity contribution in [2.24, 2.45) is 0 Å². The van der Waals surface area contributed by atoms with Gasteiger partial charge in [0.05, 0.1) is 22.9 Å². The van der Waals surface area contributed by atoms with Crippen LogP contribution < -0.4 is 9.46 Å². The van der Waals surface area contributed by atoms with Gasteiger partial charge in [-0.1, -0.05) is 0 Å². The summed E-state index contributed by atoms with van der Waals surface area (Å²) in [5, 5.41) is 13.9. The zero-order valence-corrected chi connectivity index (χ0v) is 14.1. The number of nitro benzene ring substituents is 1. The van der Waals surface area contributed by atoms with E-state index in [0.717, 1.165) is 16.3 Å². The first-order chi connectivity index (χ1) is 11.3. The predicted octanol–water partition coefficient (Wildman–Crippen LogP) is 3.97. The van der Waals surface area contributed by atoms with Gasteiger partial charge in [-0.3, -0.25) is 14.8 Å². The van der Waals surface area contributed by atoms with Gasteiger partial charge in [-0.05, 0) is 41.1 Å². The lowest BCUT2D eigenvalue weighted by atomic mass is 10.2. The number of non-ortho nitro benzene ring substituents is 1. The molecular weight excluding hydrogens is 352 g/mol. The maximum atomic E-state index is 11.5. The Morgan fingerprint density at radius 3 is 2.67 bits per heavy atom. The van der Waals surface area contributed by atoms with Crippen LogP contribution in [-0.2, 0) is 10.0 Å². The highest BCUT2D eigenvalue weighted by Crippen LogP contribution is 2.35. The van der Waals surface area contributed by atoms with Crippen LogP contribution in [0.2, 0.25) is 0 Å². The Morgan fingerprint density at radius 2 is 1.96 bits per heavy atom. The van der Waals surface area contributed by atoms with Crippen molar-refractivity contribution in [1.29, 1.82) is 0 Å². The first kappa shape index (κ1) is 16.2. The van der Waals surface area contributed by atoms with Crippen LogP contribution in [0.4, 0.5) is 11.4 Å². The Labute approximate surface area is 141 Å². The summed E-state index contributed by atoms with van der Waals surface area (Å²) < 4.78 is 32.0. The summed E-state index contributed by atoms with van der Waals surface area (Å²) in [5.41, 5.74) is -0.0609. The number of nitrogens with zero attached hydrogens (tertiary/aromatic N) is 1. The third-order valence-corrected chi connectivity index (χ3v) is 4.61. The fourth-order valence-electron chi connectivity index (χ4n) is 2.13. The second kappa shape index (κ2) is 6.10. The summed E-state index contributed by atoms with van der Waals surface area (Å²) >= 11 is 1.58. The normalized spacial score (nSPS) is 11.4. The van der Waals surface area contributed by atoms with Gasteiger partial charge in [-0.2, -0.15) is 0 Å². The molecule has 2 aromatic carbocycles. The molecule has 124 valence electrons. The average Bonchev–Trinajstić information content (AvgIpc) is 2.95. The summed E-state index contributed by atoms with van der Waals surface area (Å²) in [4.78, 5) is 10.4. The molecule has 0 saturated carbocycles. The third kappa shape index (κ3) is 3.63. The SMILES string of the molecule is CS(=O)(=O)Nc1ccc([N+](=O)[O-])cc1Oc1ccc2sccc2c1. The Morgan fingerprint density at radius 1 is 1.17 bits per heavy atom. The molecule has 0 atom stereocenters. The number of hydrogen-bond acceptors (Lipinski definition) is 6. The van der Waals surface area contributed by atoms with E-state index in [9.17, 15) is 18.5 Å². The molecule has 0 aliphatic carbocycles. The number of sulfonamides is 1. The monoisotopic (exact) mass is 364 g/mol. The maximum Gasteiger partial charge on any atom is 0.273 e. The number of rotatable bonds is 5. The van der Waals surface area contributed by atoms with Crippen LogP contribution in [0, 0.1) is 10.1 Å². The summed E-state index contributed by atoms with van der Waals surface area (Å²) in [7, 11) is -3.55. The van der Waals surface area contributed by atoms with Crippen molar-refractivity contribution < 1.29 is 18.1 Å². The van der Waals surface area contributed by atoms with Crippen molar-refractivity contribution in [3.63, 3.8) is 0 Å². The summed E-state index contributed by atoms with van der Waals surface area (Å²) in [6.07, 6.45) is 0.996. The lowest BCUT2D eigenvalue weighted by Crippen LogP contribution is -2.10. The molecule has 0 fully saturated rings. The summed E-state index contributed by atoms with van der Waals surface area (Å²) in [5.74, 6) is 0.516. The van der Waals surface area contributed by atoms with Crippen molar-refractivity contribution in [3.05, 3.63) is 58.0 Å². The van der Waals surface area contributed by atoms with Gasteiger partial charge in [0.15, 0.2) is 5.75 Å². The fourth-order valence-corrected chi connectivity index (χ4v) is 3.47. The van der Waals surface area contributed by atoms with Crippen LogP contribution in [0.25, 0.3) is 10.1 Å². The van der Waals surface area contributed by atoms with Crippen LogP contribution in [0.1, 0.15) is 0 Å². The van der Waals surface area contributed by atoms with Gasteiger partial charge in [0.2, 0.25) is 10.0 Å². The van der Waals surface area contributed by atoms with E-state index in [4.69, 9.17) is 4.74 Å². The topological polar surface area (TPSA) is 98.5 Å². The standard InChI is InChI=1S/C15H12N2O5S2/c1-24(20,21)16-13-4-2-11(17(18)19)9-14(13)22-12-3-5-15-10(8-12)6-7-23-15/h2-9,16H,1H3. The van der Waals surface area contributed by atoms with Crippen molar-refractivity contribution in [1.82, 2.24) is 0 Å². The molecule has 24 heavy (non-hydrogen) atoms. The Kier molecular flexibility index (Phi) is 4.12. The molecule has 0 aliphatic heterocycles. The van der Waals surface area contributed by atoms with E-state index in [0.29, 0.717) is 5.75 Å². The molecule has 0 radical (unpaired) electrons. The molecule has 7 nitrogen and oxygen atoms in total. The Balaban J connectivity index is 2.02. The highest BCUT2D eigenvalue weighted by Gasteiger charge is 2.15. The number of fused-ring (bicyclic) bond motifs is 1. The quantitative estimate of drug-likeness (QED) is 0.545. The highest BCUT2D eigenvalue weighted by atomic mass is 32.2. The van der Waals surface area contributed by atoms with Crippen LogP contribution in [-0.4, -0.2) is 19.6 Å². The first-order valence-corrected chi connectivity index (χ1v) is 9.50. The molecule has 1 N–H and O–H groups in total. The fraction of sp³-hybridized carbons (Fsp3) is 0.0667. The minimum absolute atomic E-state index is 0.0594. The van der Waals surface area contributed by atoms with Crippen molar-refractivity contribution in [3.8, 4) is 11.5 Å². The Hall–Kier alpha value is -2.65. The number of thiophene rings is 1. The average molecular weight is 364 g/mol. The number of ether oxygens (including phenoxy) is 1. The van der Waals surface area contributed by atoms with Gasteiger partial charge in [0.1, 0.15) is 5.75 Å². The van der Waals surface area contributed by atoms with Gasteiger partial charge in [-0.25, -0.2) is 8.42 Å². The molecular formula is C15H12N2O5S2. The van der Waals surface area contributed by atoms with Crippen molar-refractivity contribution in [2.45, 2.75) is 0 Å². The molecule has 1 heterocycles. The molecule has 0 unspecified atom stereocenters. The lowest BCUT2D eigenvalue weighted by Gasteiger charge is -2.12. The largest absolute Gasteiger partial charge is 0.455 e.